The van der Waals surface area contributed by atoms with Crippen LogP contribution in [0.2, 0.25) is 0 Å². The third kappa shape index (κ3) is 5.70. The van der Waals surface area contributed by atoms with Gasteiger partial charge in [-0.2, -0.15) is 9.97 Å². The number of piperidine rings is 1. The second-order valence-electron chi connectivity index (χ2n) is 8.83. The number of morpholine rings is 1. The first-order chi connectivity index (χ1) is 14.6. The number of anilines is 3. The Balaban J connectivity index is 1.49. The molecular weight excluding hydrogens is 400 g/mol. The summed E-state index contributed by atoms with van der Waals surface area (Å²) in [6.45, 7) is 11.3. The predicted molar refractivity (Wildman–Crippen MR) is 123 cm³/mol. The monoisotopic (exact) mass is 434 g/mol. The minimum absolute atomic E-state index is 0.234. The van der Waals surface area contributed by atoms with Crippen molar-refractivity contribution in [2.45, 2.75) is 39.2 Å². The van der Waals surface area contributed by atoms with Crippen molar-refractivity contribution in [1.82, 2.24) is 15.3 Å². The van der Waals surface area contributed by atoms with Gasteiger partial charge in [0, 0.05) is 45.4 Å². The van der Waals surface area contributed by atoms with Crippen LogP contribution in [0, 0.1) is 11.8 Å². The zero-order valence-electron chi connectivity index (χ0n) is 18.1. The average Bonchev–Trinajstić information content (AvgIpc) is 3.26. The van der Waals surface area contributed by atoms with E-state index in [1.54, 1.807) is 0 Å². The SMILES string of the molecule is CC1CC(C)CN(c2cc(N3CCOCC3)nc(NC(=S)NCC3CCCO3)n2)C1. The van der Waals surface area contributed by atoms with Gasteiger partial charge in [0.15, 0.2) is 5.11 Å². The summed E-state index contributed by atoms with van der Waals surface area (Å²) in [6.07, 6.45) is 3.69. The predicted octanol–water partition coefficient (Wildman–Crippen LogP) is 2.26. The van der Waals surface area contributed by atoms with Crippen LogP contribution >= 0.6 is 12.2 Å². The molecule has 30 heavy (non-hydrogen) atoms. The zero-order valence-corrected chi connectivity index (χ0v) is 18.9. The van der Waals surface area contributed by atoms with E-state index in [-0.39, 0.29) is 6.10 Å². The summed E-state index contributed by atoms with van der Waals surface area (Å²) >= 11 is 5.50. The normalized spacial score (nSPS) is 27.2. The maximum atomic E-state index is 5.66. The topological polar surface area (TPSA) is 74.8 Å². The number of thiocarbonyl (C=S) groups is 1. The highest BCUT2D eigenvalue weighted by atomic mass is 32.1. The Morgan fingerprint density at radius 1 is 1.10 bits per heavy atom. The molecule has 1 aromatic heterocycles. The summed E-state index contributed by atoms with van der Waals surface area (Å²) in [5.74, 6) is 3.75. The maximum absolute atomic E-state index is 5.66. The lowest BCUT2D eigenvalue weighted by atomic mass is 9.92. The van der Waals surface area contributed by atoms with Crippen molar-refractivity contribution >= 4 is 34.9 Å². The first-order valence-electron chi connectivity index (χ1n) is 11.2. The fraction of sp³-hybridized carbons (Fsp3) is 0.762. The van der Waals surface area contributed by atoms with Gasteiger partial charge in [-0.25, -0.2) is 0 Å². The summed E-state index contributed by atoms with van der Waals surface area (Å²) in [5, 5.41) is 7.00. The molecule has 9 heteroatoms. The highest BCUT2D eigenvalue weighted by molar-refractivity contribution is 7.80. The zero-order chi connectivity index (χ0) is 20.9. The lowest BCUT2D eigenvalue weighted by molar-refractivity contribution is 0.114. The smallest absolute Gasteiger partial charge is 0.232 e. The highest BCUT2D eigenvalue weighted by Gasteiger charge is 2.25. The molecule has 0 saturated carbocycles. The molecule has 8 nitrogen and oxygen atoms in total. The van der Waals surface area contributed by atoms with E-state index in [2.05, 4.69) is 40.3 Å². The van der Waals surface area contributed by atoms with Gasteiger partial charge in [0.05, 0.1) is 19.3 Å². The second kappa shape index (κ2) is 10.1. The number of nitrogens with zero attached hydrogens (tertiary/aromatic N) is 4. The Kier molecular flexibility index (Phi) is 7.22. The Morgan fingerprint density at radius 2 is 1.80 bits per heavy atom. The van der Waals surface area contributed by atoms with Gasteiger partial charge in [0.1, 0.15) is 11.6 Å². The molecule has 3 aliphatic rings. The molecule has 3 saturated heterocycles. The molecule has 2 N–H and O–H groups in total. The van der Waals surface area contributed by atoms with E-state index in [0.717, 1.165) is 70.5 Å². The third-order valence-corrected chi connectivity index (χ3v) is 6.21. The van der Waals surface area contributed by atoms with Crippen LogP contribution in [-0.4, -0.2) is 73.7 Å². The minimum atomic E-state index is 0.234. The molecule has 3 atom stereocenters. The molecule has 0 radical (unpaired) electrons. The molecule has 0 aromatic carbocycles. The van der Waals surface area contributed by atoms with Crippen molar-refractivity contribution in [2.75, 3.05) is 67.7 Å². The number of aromatic nitrogens is 2. The van der Waals surface area contributed by atoms with Crippen molar-refractivity contribution in [1.29, 1.82) is 0 Å². The van der Waals surface area contributed by atoms with Crippen LogP contribution in [0.4, 0.5) is 17.6 Å². The van der Waals surface area contributed by atoms with Gasteiger partial charge in [-0.15, -0.1) is 0 Å². The van der Waals surface area contributed by atoms with Crippen LogP contribution in [0.5, 0.6) is 0 Å². The highest BCUT2D eigenvalue weighted by Crippen LogP contribution is 2.28. The third-order valence-electron chi connectivity index (χ3n) is 5.97. The maximum Gasteiger partial charge on any atom is 0.232 e. The number of hydrogen-bond donors (Lipinski definition) is 2. The van der Waals surface area contributed by atoms with Crippen LogP contribution in [0.15, 0.2) is 6.07 Å². The second-order valence-corrected chi connectivity index (χ2v) is 9.24. The Labute approximate surface area is 184 Å². The molecule has 1 aromatic rings. The Bertz CT molecular complexity index is 713. The van der Waals surface area contributed by atoms with Crippen molar-refractivity contribution in [3.8, 4) is 0 Å². The molecule has 0 spiro atoms. The van der Waals surface area contributed by atoms with Gasteiger partial charge in [0.25, 0.3) is 0 Å². The standard InChI is InChI=1S/C21H34N6O2S/c1-15-10-16(2)14-27(13-15)19-11-18(26-5-8-28-9-6-26)23-20(24-19)25-21(30)22-12-17-4-3-7-29-17/h11,15-17H,3-10,12-14H2,1-2H3,(H2,22,23,24,25,30). The Morgan fingerprint density at radius 3 is 2.47 bits per heavy atom. The van der Waals surface area contributed by atoms with Gasteiger partial charge < -0.3 is 29.9 Å². The van der Waals surface area contributed by atoms with E-state index in [1.165, 1.54) is 6.42 Å². The average molecular weight is 435 g/mol. The van der Waals surface area contributed by atoms with E-state index in [9.17, 15) is 0 Å². The summed E-state index contributed by atoms with van der Waals surface area (Å²) in [5.41, 5.74) is 0. The van der Waals surface area contributed by atoms with Gasteiger partial charge in [-0.1, -0.05) is 13.8 Å². The van der Waals surface area contributed by atoms with Gasteiger partial charge in [-0.05, 0) is 43.3 Å². The molecule has 4 rings (SSSR count). The molecule has 0 aliphatic carbocycles. The molecular formula is C21H34N6O2S. The molecule has 3 aliphatic heterocycles. The lowest BCUT2D eigenvalue weighted by Gasteiger charge is -2.36. The van der Waals surface area contributed by atoms with E-state index < -0.39 is 0 Å². The van der Waals surface area contributed by atoms with E-state index in [0.29, 0.717) is 29.4 Å². The van der Waals surface area contributed by atoms with Gasteiger partial charge >= 0.3 is 0 Å². The van der Waals surface area contributed by atoms with Gasteiger partial charge in [0.2, 0.25) is 5.95 Å². The number of hydrogen-bond acceptors (Lipinski definition) is 7. The Hall–Kier alpha value is -1.71. The summed E-state index contributed by atoms with van der Waals surface area (Å²) < 4.78 is 11.2. The van der Waals surface area contributed by atoms with E-state index in [1.807, 2.05) is 0 Å². The fourth-order valence-electron chi connectivity index (χ4n) is 4.60. The number of ether oxygens (including phenoxy) is 2. The fourth-order valence-corrected chi connectivity index (χ4v) is 4.78. The number of rotatable bonds is 5. The largest absolute Gasteiger partial charge is 0.378 e. The lowest BCUT2D eigenvalue weighted by Crippen LogP contribution is -2.40. The van der Waals surface area contributed by atoms with Crippen LogP contribution in [0.25, 0.3) is 0 Å². The molecule has 0 bridgehead atoms. The summed E-state index contributed by atoms with van der Waals surface area (Å²) in [4.78, 5) is 14.3. The minimum Gasteiger partial charge on any atom is -0.378 e. The first kappa shape index (κ1) is 21.5. The molecule has 4 heterocycles. The van der Waals surface area contributed by atoms with Crippen LogP contribution < -0.4 is 20.4 Å². The van der Waals surface area contributed by atoms with E-state index >= 15 is 0 Å². The van der Waals surface area contributed by atoms with Crippen molar-refractivity contribution in [3.05, 3.63) is 6.07 Å². The number of nitrogens with one attached hydrogen (secondary N) is 2. The van der Waals surface area contributed by atoms with Crippen LogP contribution in [0.1, 0.15) is 33.1 Å². The van der Waals surface area contributed by atoms with E-state index in [4.69, 9.17) is 31.7 Å². The van der Waals surface area contributed by atoms with Crippen LogP contribution in [0.3, 0.4) is 0 Å². The molecule has 0 amide bonds. The molecule has 166 valence electrons. The first-order valence-corrected chi connectivity index (χ1v) is 11.6. The molecule has 3 unspecified atom stereocenters. The van der Waals surface area contributed by atoms with Gasteiger partial charge in [-0.3, -0.25) is 0 Å². The van der Waals surface area contributed by atoms with Crippen molar-refractivity contribution in [3.63, 3.8) is 0 Å². The van der Waals surface area contributed by atoms with Crippen LogP contribution in [-0.2, 0) is 9.47 Å². The quantitative estimate of drug-likeness (QED) is 0.679. The summed E-state index contributed by atoms with van der Waals surface area (Å²) in [6, 6.07) is 2.12. The summed E-state index contributed by atoms with van der Waals surface area (Å²) in [7, 11) is 0. The van der Waals surface area contributed by atoms with Crippen molar-refractivity contribution in [2.24, 2.45) is 11.8 Å². The molecule has 3 fully saturated rings. The van der Waals surface area contributed by atoms with Crippen molar-refractivity contribution < 1.29 is 9.47 Å².